The molecule has 0 unspecified atom stereocenters. The van der Waals surface area contributed by atoms with Crippen LogP contribution in [0.1, 0.15) is 22.8 Å². The van der Waals surface area contributed by atoms with E-state index in [0.717, 1.165) is 10.6 Å². The van der Waals surface area contributed by atoms with Gasteiger partial charge < -0.3 is 9.84 Å². The lowest BCUT2D eigenvalue weighted by Gasteiger charge is -2.10. The van der Waals surface area contributed by atoms with Crippen LogP contribution in [-0.4, -0.2) is 34.8 Å². The first-order valence-corrected chi connectivity index (χ1v) is 7.59. The minimum atomic E-state index is -0.666. The molecular formula is C19H16N2O4. The van der Waals surface area contributed by atoms with Crippen LogP contribution >= 0.6 is 0 Å². The number of phenolic OH excluding ortho intramolecular Hbond substituents is 1. The van der Waals surface area contributed by atoms with Crippen LogP contribution in [0, 0.1) is 0 Å². The van der Waals surface area contributed by atoms with Crippen LogP contribution in [0.2, 0.25) is 0 Å². The summed E-state index contributed by atoms with van der Waals surface area (Å²) in [4.78, 5) is 25.1. The van der Waals surface area contributed by atoms with E-state index in [1.165, 1.54) is 12.1 Å². The number of phenols is 1. The number of benzene rings is 2. The van der Waals surface area contributed by atoms with E-state index >= 15 is 0 Å². The molecule has 0 aliphatic carbocycles. The first-order chi connectivity index (χ1) is 12.0. The molecule has 6 nitrogen and oxygen atoms in total. The highest BCUT2D eigenvalue weighted by Gasteiger charge is 2.33. The fourth-order valence-electron chi connectivity index (χ4n) is 2.46. The molecule has 126 valence electrons. The molecule has 0 atom stereocenters. The van der Waals surface area contributed by atoms with Crippen molar-refractivity contribution < 1.29 is 19.4 Å². The van der Waals surface area contributed by atoms with Crippen LogP contribution in [-0.2, 0) is 4.79 Å². The summed E-state index contributed by atoms with van der Waals surface area (Å²) in [6.45, 7) is 1.66. The van der Waals surface area contributed by atoms with E-state index in [1.54, 1.807) is 56.5 Å². The highest BCUT2D eigenvalue weighted by molar-refractivity contribution is 6.30. The number of nitrogens with zero attached hydrogens (tertiary/aromatic N) is 2. The van der Waals surface area contributed by atoms with Gasteiger partial charge in [0, 0.05) is 0 Å². The van der Waals surface area contributed by atoms with Crippen LogP contribution in [0.15, 0.2) is 59.2 Å². The second kappa shape index (κ2) is 6.60. The lowest BCUT2D eigenvalue weighted by Crippen LogP contribution is -2.29. The Morgan fingerprint density at radius 3 is 2.48 bits per heavy atom. The number of hydrogen-bond acceptors (Lipinski definition) is 5. The summed E-state index contributed by atoms with van der Waals surface area (Å²) in [5, 5.41) is 14.6. The van der Waals surface area contributed by atoms with Crippen LogP contribution in [0.3, 0.4) is 0 Å². The SMILES string of the molecule is COc1ccc(/C=C2/C(=O)N(C(=O)c3ccccc3O)N=C2C)cc1. The van der Waals surface area contributed by atoms with Crippen LogP contribution in [0.25, 0.3) is 6.08 Å². The number of imide groups is 1. The molecule has 1 aliphatic heterocycles. The third-order valence-corrected chi connectivity index (χ3v) is 3.82. The number of carbonyl (C=O) groups is 2. The van der Waals surface area contributed by atoms with Gasteiger partial charge in [0.15, 0.2) is 0 Å². The maximum absolute atomic E-state index is 12.6. The topological polar surface area (TPSA) is 79.2 Å². The Balaban J connectivity index is 1.89. The summed E-state index contributed by atoms with van der Waals surface area (Å²) in [6.07, 6.45) is 1.67. The van der Waals surface area contributed by atoms with Crippen molar-refractivity contribution in [3.63, 3.8) is 0 Å². The maximum atomic E-state index is 12.6. The van der Waals surface area contributed by atoms with Crippen molar-refractivity contribution >= 4 is 23.6 Å². The fraction of sp³-hybridized carbons (Fsp3) is 0.105. The Hall–Kier alpha value is -3.41. The van der Waals surface area contributed by atoms with E-state index in [9.17, 15) is 14.7 Å². The van der Waals surface area contributed by atoms with Gasteiger partial charge in [-0.3, -0.25) is 9.59 Å². The first-order valence-electron chi connectivity index (χ1n) is 7.59. The molecule has 25 heavy (non-hydrogen) atoms. The van der Waals surface area contributed by atoms with Crippen molar-refractivity contribution in [1.29, 1.82) is 0 Å². The molecule has 2 amide bonds. The summed E-state index contributed by atoms with van der Waals surface area (Å²) in [5.74, 6) is -0.676. The molecule has 2 aromatic rings. The predicted molar refractivity (Wildman–Crippen MR) is 93.4 cm³/mol. The number of aromatic hydroxyl groups is 1. The van der Waals surface area contributed by atoms with Gasteiger partial charge in [-0.05, 0) is 42.8 Å². The largest absolute Gasteiger partial charge is 0.507 e. The summed E-state index contributed by atoms with van der Waals surface area (Å²) in [6, 6.07) is 13.2. The molecule has 0 aromatic heterocycles. The van der Waals surface area contributed by atoms with Gasteiger partial charge in [0.05, 0.1) is 24.0 Å². The second-order valence-electron chi connectivity index (χ2n) is 5.46. The standard InChI is InChI=1S/C19H16N2O4/c1-12-16(11-13-7-9-14(25-2)10-8-13)19(24)21(20-12)18(23)15-5-3-4-6-17(15)22/h3-11,22H,1-2H3/b16-11+. The Bertz CT molecular complexity index is 898. The summed E-state index contributed by atoms with van der Waals surface area (Å²) >= 11 is 0. The Kier molecular flexibility index (Phi) is 4.35. The van der Waals surface area contributed by atoms with E-state index in [0.29, 0.717) is 17.0 Å². The second-order valence-corrected chi connectivity index (χ2v) is 5.46. The van der Waals surface area contributed by atoms with Gasteiger partial charge in [-0.2, -0.15) is 10.1 Å². The quantitative estimate of drug-likeness (QED) is 0.690. The summed E-state index contributed by atoms with van der Waals surface area (Å²) in [5.41, 5.74) is 1.58. The van der Waals surface area contributed by atoms with Crippen LogP contribution < -0.4 is 4.74 Å². The molecule has 0 spiro atoms. The molecule has 0 bridgehead atoms. The van der Waals surface area contributed by atoms with Crippen molar-refractivity contribution in [2.45, 2.75) is 6.92 Å². The van der Waals surface area contributed by atoms with Gasteiger partial charge >= 0.3 is 0 Å². The number of rotatable bonds is 3. The highest BCUT2D eigenvalue weighted by atomic mass is 16.5. The minimum Gasteiger partial charge on any atom is -0.507 e. The molecular weight excluding hydrogens is 320 g/mol. The third kappa shape index (κ3) is 3.14. The molecule has 1 heterocycles. The molecule has 6 heteroatoms. The number of ether oxygens (including phenoxy) is 1. The molecule has 0 fully saturated rings. The average molecular weight is 336 g/mol. The minimum absolute atomic E-state index is 0.0260. The monoisotopic (exact) mass is 336 g/mol. The lowest BCUT2D eigenvalue weighted by atomic mass is 10.1. The molecule has 0 saturated heterocycles. The van der Waals surface area contributed by atoms with Gasteiger partial charge in [0.2, 0.25) is 0 Å². The van der Waals surface area contributed by atoms with Gasteiger partial charge in [-0.1, -0.05) is 24.3 Å². The average Bonchev–Trinajstić information content (AvgIpc) is 2.90. The zero-order valence-corrected chi connectivity index (χ0v) is 13.8. The van der Waals surface area contributed by atoms with Crippen molar-refractivity contribution in [3.8, 4) is 11.5 Å². The van der Waals surface area contributed by atoms with E-state index in [-0.39, 0.29) is 11.3 Å². The number of carbonyl (C=O) groups excluding carboxylic acids is 2. The Morgan fingerprint density at radius 1 is 1.16 bits per heavy atom. The fourth-order valence-corrected chi connectivity index (χ4v) is 2.46. The molecule has 2 aromatic carbocycles. The van der Waals surface area contributed by atoms with Gasteiger partial charge in [-0.15, -0.1) is 0 Å². The Labute approximate surface area is 144 Å². The zero-order chi connectivity index (χ0) is 18.0. The number of hydrazone groups is 1. The normalized spacial score (nSPS) is 15.4. The van der Waals surface area contributed by atoms with Crippen LogP contribution in [0.5, 0.6) is 11.5 Å². The first kappa shape index (κ1) is 16.4. The maximum Gasteiger partial charge on any atom is 0.285 e. The van der Waals surface area contributed by atoms with Crippen molar-refractivity contribution in [2.75, 3.05) is 7.11 Å². The smallest absolute Gasteiger partial charge is 0.285 e. The van der Waals surface area contributed by atoms with E-state index in [1.807, 2.05) is 0 Å². The molecule has 0 saturated carbocycles. The Morgan fingerprint density at radius 2 is 1.84 bits per heavy atom. The zero-order valence-electron chi connectivity index (χ0n) is 13.8. The number of methoxy groups -OCH3 is 1. The van der Waals surface area contributed by atoms with Gasteiger partial charge in [-0.25, -0.2) is 0 Å². The lowest BCUT2D eigenvalue weighted by molar-refractivity contribution is -0.123. The summed E-state index contributed by atoms with van der Waals surface area (Å²) in [7, 11) is 1.58. The number of hydrogen-bond donors (Lipinski definition) is 1. The van der Waals surface area contributed by atoms with Crippen molar-refractivity contribution in [2.24, 2.45) is 5.10 Å². The van der Waals surface area contributed by atoms with E-state index in [2.05, 4.69) is 5.10 Å². The molecule has 3 rings (SSSR count). The van der Waals surface area contributed by atoms with Gasteiger partial charge in [0.25, 0.3) is 11.8 Å². The number of para-hydroxylation sites is 1. The van der Waals surface area contributed by atoms with E-state index < -0.39 is 11.8 Å². The third-order valence-electron chi connectivity index (χ3n) is 3.82. The molecule has 0 radical (unpaired) electrons. The van der Waals surface area contributed by atoms with Crippen molar-refractivity contribution in [1.82, 2.24) is 5.01 Å². The van der Waals surface area contributed by atoms with Gasteiger partial charge in [0.1, 0.15) is 11.5 Å². The molecule has 1 N–H and O–H groups in total. The van der Waals surface area contributed by atoms with E-state index in [4.69, 9.17) is 4.74 Å². The van der Waals surface area contributed by atoms with Crippen LogP contribution in [0.4, 0.5) is 0 Å². The highest BCUT2D eigenvalue weighted by Crippen LogP contribution is 2.24. The molecule has 1 aliphatic rings. The summed E-state index contributed by atoms with van der Waals surface area (Å²) < 4.78 is 5.10. The predicted octanol–water partition coefficient (Wildman–Crippen LogP) is 2.84. The van der Waals surface area contributed by atoms with Crippen molar-refractivity contribution in [3.05, 3.63) is 65.2 Å². The number of amides is 2.